The Balaban J connectivity index is 1.58. The molecule has 2 unspecified atom stereocenters. The standard InChI is InChI=1S/C15H27N5/c1-2-3-4-5-8-14-17-15(19-18-14)20-9-6-7-12-10-16-11-13(12)20/h12-13,16H,2-11H2,1H3,(H,17,18,19). The van der Waals surface area contributed by atoms with Crippen LogP contribution in [0, 0.1) is 5.92 Å². The van der Waals surface area contributed by atoms with E-state index in [1.165, 1.54) is 38.5 Å². The van der Waals surface area contributed by atoms with E-state index in [9.17, 15) is 0 Å². The van der Waals surface area contributed by atoms with Crippen molar-refractivity contribution in [2.75, 3.05) is 24.5 Å². The average molecular weight is 277 g/mol. The predicted molar refractivity (Wildman–Crippen MR) is 81.0 cm³/mol. The fraction of sp³-hybridized carbons (Fsp3) is 0.867. The molecule has 112 valence electrons. The van der Waals surface area contributed by atoms with Gasteiger partial charge in [0.2, 0.25) is 5.95 Å². The molecule has 1 aromatic rings. The molecule has 0 saturated carbocycles. The molecule has 20 heavy (non-hydrogen) atoms. The van der Waals surface area contributed by atoms with Crippen molar-refractivity contribution in [3.63, 3.8) is 0 Å². The third-order valence-corrected chi connectivity index (χ3v) is 4.72. The molecule has 2 saturated heterocycles. The molecular formula is C15H27N5. The van der Waals surface area contributed by atoms with Gasteiger partial charge in [0.25, 0.3) is 0 Å². The summed E-state index contributed by atoms with van der Waals surface area (Å²) < 4.78 is 0. The molecule has 1 aromatic heterocycles. The van der Waals surface area contributed by atoms with E-state index in [0.717, 1.165) is 43.7 Å². The van der Waals surface area contributed by atoms with Crippen LogP contribution in [0.2, 0.25) is 0 Å². The summed E-state index contributed by atoms with van der Waals surface area (Å²) in [7, 11) is 0. The number of hydrogen-bond acceptors (Lipinski definition) is 4. The van der Waals surface area contributed by atoms with Gasteiger partial charge in [-0.1, -0.05) is 26.2 Å². The van der Waals surface area contributed by atoms with Crippen molar-refractivity contribution in [3.8, 4) is 0 Å². The first-order valence-corrected chi connectivity index (χ1v) is 8.27. The van der Waals surface area contributed by atoms with E-state index in [2.05, 4.69) is 27.3 Å². The zero-order valence-electron chi connectivity index (χ0n) is 12.6. The monoisotopic (exact) mass is 277 g/mol. The predicted octanol–water partition coefficient (Wildman–Crippen LogP) is 2.12. The van der Waals surface area contributed by atoms with E-state index < -0.39 is 0 Å². The lowest BCUT2D eigenvalue weighted by Crippen LogP contribution is -2.45. The number of aryl methyl sites for hydroxylation is 1. The van der Waals surface area contributed by atoms with Crippen molar-refractivity contribution < 1.29 is 0 Å². The number of unbranched alkanes of at least 4 members (excludes halogenated alkanes) is 3. The van der Waals surface area contributed by atoms with Gasteiger partial charge in [-0.2, -0.15) is 4.98 Å². The van der Waals surface area contributed by atoms with Crippen LogP contribution in [0.15, 0.2) is 0 Å². The van der Waals surface area contributed by atoms with Gasteiger partial charge in [0.1, 0.15) is 5.82 Å². The van der Waals surface area contributed by atoms with Gasteiger partial charge in [0.05, 0.1) is 0 Å². The van der Waals surface area contributed by atoms with Crippen LogP contribution in [0.25, 0.3) is 0 Å². The number of aromatic nitrogens is 3. The summed E-state index contributed by atoms with van der Waals surface area (Å²) in [5.74, 6) is 2.77. The minimum absolute atomic E-state index is 0.604. The molecule has 2 N–H and O–H groups in total. The number of fused-ring (bicyclic) bond motifs is 1. The molecule has 0 radical (unpaired) electrons. The zero-order chi connectivity index (χ0) is 13.8. The van der Waals surface area contributed by atoms with Crippen LogP contribution in [-0.2, 0) is 6.42 Å². The van der Waals surface area contributed by atoms with Crippen LogP contribution in [0.5, 0.6) is 0 Å². The van der Waals surface area contributed by atoms with Crippen molar-refractivity contribution in [1.82, 2.24) is 20.5 Å². The summed E-state index contributed by atoms with van der Waals surface area (Å²) in [5, 5.41) is 11.1. The first-order valence-electron chi connectivity index (χ1n) is 8.27. The van der Waals surface area contributed by atoms with Gasteiger partial charge in [0, 0.05) is 32.1 Å². The maximum Gasteiger partial charge on any atom is 0.245 e. The summed E-state index contributed by atoms with van der Waals surface area (Å²) in [6.07, 6.45) is 8.77. The Morgan fingerprint density at radius 2 is 2.20 bits per heavy atom. The van der Waals surface area contributed by atoms with E-state index in [4.69, 9.17) is 4.98 Å². The van der Waals surface area contributed by atoms with Crippen LogP contribution < -0.4 is 10.2 Å². The van der Waals surface area contributed by atoms with E-state index >= 15 is 0 Å². The summed E-state index contributed by atoms with van der Waals surface area (Å²) in [4.78, 5) is 7.14. The Morgan fingerprint density at radius 1 is 1.25 bits per heavy atom. The number of nitrogens with one attached hydrogen (secondary N) is 2. The molecular weight excluding hydrogens is 250 g/mol. The van der Waals surface area contributed by atoms with Gasteiger partial charge in [-0.3, -0.25) is 5.10 Å². The van der Waals surface area contributed by atoms with Crippen molar-refractivity contribution in [2.24, 2.45) is 5.92 Å². The third-order valence-electron chi connectivity index (χ3n) is 4.72. The smallest absolute Gasteiger partial charge is 0.245 e. The molecule has 0 aliphatic carbocycles. The normalized spacial score (nSPS) is 25.9. The molecule has 2 atom stereocenters. The highest BCUT2D eigenvalue weighted by molar-refractivity contribution is 5.33. The van der Waals surface area contributed by atoms with Gasteiger partial charge in [-0.15, -0.1) is 5.10 Å². The second-order valence-corrected chi connectivity index (χ2v) is 6.21. The minimum atomic E-state index is 0.604. The first-order chi connectivity index (χ1) is 9.88. The van der Waals surface area contributed by atoms with Crippen LogP contribution in [0.1, 0.15) is 51.3 Å². The highest BCUT2D eigenvalue weighted by atomic mass is 15.4. The molecule has 0 aromatic carbocycles. The Kier molecular flexibility index (Phi) is 4.55. The number of anilines is 1. The summed E-state index contributed by atoms with van der Waals surface area (Å²) in [5.41, 5.74) is 0. The molecule has 2 aliphatic heterocycles. The molecule has 3 rings (SSSR count). The van der Waals surface area contributed by atoms with Crippen molar-refractivity contribution in [1.29, 1.82) is 0 Å². The van der Waals surface area contributed by atoms with Gasteiger partial charge in [0.15, 0.2) is 0 Å². The maximum absolute atomic E-state index is 4.72. The minimum Gasteiger partial charge on any atom is -0.335 e. The van der Waals surface area contributed by atoms with E-state index in [0.29, 0.717) is 6.04 Å². The van der Waals surface area contributed by atoms with Gasteiger partial charge in [-0.05, 0) is 25.2 Å². The number of piperidine rings is 1. The topological polar surface area (TPSA) is 56.8 Å². The van der Waals surface area contributed by atoms with Crippen molar-refractivity contribution in [3.05, 3.63) is 5.82 Å². The Labute approximate surface area is 121 Å². The van der Waals surface area contributed by atoms with Gasteiger partial charge >= 0.3 is 0 Å². The third kappa shape index (κ3) is 2.97. The number of hydrogen-bond donors (Lipinski definition) is 2. The summed E-state index contributed by atoms with van der Waals surface area (Å²) in [6, 6.07) is 0.604. The van der Waals surface area contributed by atoms with Crippen molar-refractivity contribution in [2.45, 2.75) is 57.9 Å². The van der Waals surface area contributed by atoms with Crippen LogP contribution in [-0.4, -0.2) is 40.9 Å². The quantitative estimate of drug-likeness (QED) is 0.782. The van der Waals surface area contributed by atoms with Crippen LogP contribution in [0.4, 0.5) is 5.95 Å². The molecule has 0 spiro atoms. The fourth-order valence-electron chi connectivity index (χ4n) is 3.56. The highest BCUT2D eigenvalue weighted by Gasteiger charge is 2.36. The lowest BCUT2D eigenvalue weighted by molar-refractivity contribution is 0.381. The van der Waals surface area contributed by atoms with Crippen LogP contribution >= 0.6 is 0 Å². The second kappa shape index (κ2) is 6.57. The molecule has 0 bridgehead atoms. The van der Waals surface area contributed by atoms with E-state index in [1.807, 2.05) is 0 Å². The fourth-order valence-corrected chi connectivity index (χ4v) is 3.56. The SMILES string of the molecule is CCCCCCc1nc(N2CCCC3CNCC32)n[nH]1. The van der Waals surface area contributed by atoms with Gasteiger partial charge in [-0.25, -0.2) is 0 Å². The lowest BCUT2D eigenvalue weighted by atomic mass is 9.92. The maximum atomic E-state index is 4.72. The molecule has 5 nitrogen and oxygen atoms in total. The number of rotatable bonds is 6. The second-order valence-electron chi connectivity index (χ2n) is 6.21. The largest absolute Gasteiger partial charge is 0.335 e. The lowest BCUT2D eigenvalue weighted by Gasteiger charge is -2.36. The Bertz CT molecular complexity index is 416. The summed E-state index contributed by atoms with van der Waals surface area (Å²) >= 11 is 0. The highest BCUT2D eigenvalue weighted by Crippen LogP contribution is 2.28. The van der Waals surface area contributed by atoms with Gasteiger partial charge < -0.3 is 10.2 Å². The van der Waals surface area contributed by atoms with Crippen molar-refractivity contribution >= 4 is 5.95 Å². The summed E-state index contributed by atoms with van der Waals surface area (Å²) in [6.45, 7) is 5.60. The molecule has 0 amide bonds. The average Bonchev–Trinajstić information content (AvgIpc) is 3.12. The number of aromatic amines is 1. The van der Waals surface area contributed by atoms with E-state index in [-0.39, 0.29) is 0 Å². The zero-order valence-corrected chi connectivity index (χ0v) is 12.6. The molecule has 2 aliphatic rings. The first kappa shape index (κ1) is 13.9. The number of nitrogens with zero attached hydrogens (tertiary/aromatic N) is 3. The molecule has 2 fully saturated rings. The van der Waals surface area contributed by atoms with Crippen LogP contribution in [0.3, 0.4) is 0 Å². The molecule has 3 heterocycles. The van der Waals surface area contributed by atoms with E-state index in [1.54, 1.807) is 0 Å². The number of H-pyrrole nitrogens is 1. The Hall–Kier alpha value is -1.10. The molecule has 5 heteroatoms. The Morgan fingerprint density at radius 3 is 3.10 bits per heavy atom.